The van der Waals surface area contributed by atoms with E-state index < -0.39 is 29.1 Å². The SMILES string of the molecule is Nc1cnc(Nc2cc(F)cc(F)c2F)cc1C(=O)O. The molecule has 0 saturated heterocycles. The molecular weight excluding hydrogens is 275 g/mol. The number of carboxylic acid groups (broad SMARTS) is 1. The summed E-state index contributed by atoms with van der Waals surface area (Å²) < 4.78 is 39.5. The summed E-state index contributed by atoms with van der Waals surface area (Å²) in [6, 6.07) is 2.14. The lowest BCUT2D eigenvalue weighted by Crippen LogP contribution is -2.06. The van der Waals surface area contributed by atoms with Crippen molar-refractivity contribution < 1.29 is 23.1 Å². The molecule has 4 N–H and O–H groups in total. The van der Waals surface area contributed by atoms with Crippen LogP contribution in [0.25, 0.3) is 0 Å². The van der Waals surface area contributed by atoms with Gasteiger partial charge in [-0.15, -0.1) is 0 Å². The number of halogens is 3. The van der Waals surface area contributed by atoms with Crippen molar-refractivity contribution in [2.45, 2.75) is 0 Å². The summed E-state index contributed by atoms with van der Waals surface area (Å²) in [5, 5.41) is 11.2. The van der Waals surface area contributed by atoms with E-state index in [-0.39, 0.29) is 17.1 Å². The Morgan fingerprint density at radius 2 is 1.95 bits per heavy atom. The second-order valence-corrected chi connectivity index (χ2v) is 3.84. The molecule has 0 unspecified atom stereocenters. The summed E-state index contributed by atoms with van der Waals surface area (Å²) in [5.74, 6) is -5.08. The second-order valence-electron chi connectivity index (χ2n) is 3.84. The molecule has 0 spiro atoms. The lowest BCUT2D eigenvalue weighted by Gasteiger charge is -2.09. The van der Waals surface area contributed by atoms with E-state index in [1.54, 1.807) is 0 Å². The molecule has 0 fully saturated rings. The lowest BCUT2D eigenvalue weighted by atomic mass is 10.2. The first-order valence-electron chi connectivity index (χ1n) is 5.29. The Kier molecular flexibility index (Phi) is 3.47. The van der Waals surface area contributed by atoms with Crippen molar-refractivity contribution >= 4 is 23.2 Å². The van der Waals surface area contributed by atoms with Gasteiger partial charge >= 0.3 is 5.97 Å². The van der Waals surface area contributed by atoms with Gasteiger partial charge in [-0.3, -0.25) is 0 Å². The fourth-order valence-corrected chi connectivity index (χ4v) is 1.50. The van der Waals surface area contributed by atoms with E-state index in [1.807, 2.05) is 0 Å². The normalized spacial score (nSPS) is 10.3. The monoisotopic (exact) mass is 283 g/mol. The Morgan fingerprint density at radius 1 is 1.25 bits per heavy atom. The third-order valence-corrected chi connectivity index (χ3v) is 2.42. The van der Waals surface area contributed by atoms with Crippen molar-refractivity contribution in [1.29, 1.82) is 0 Å². The molecule has 0 atom stereocenters. The van der Waals surface area contributed by atoms with Gasteiger partial charge in [0.25, 0.3) is 0 Å². The number of carboxylic acids is 1. The van der Waals surface area contributed by atoms with Crippen LogP contribution in [0.4, 0.5) is 30.4 Å². The number of aromatic carboxylic acids is 1. The number of nitrogens with one attached hydrogen (secondary N) is 1. The molecule has 0 bridgehead atoms. The smallest absolute Gasteiger partial charge is 0.337 e. The fourth-order valence-electron chi connectivity index (χ4n) is 1.50. The quantitative estimate of drug-likeness (QED) is 0.753. The highest BCUT2D eigenvalue weighted by Crippen LogP contribution is 2.24. The molecule has 0 aliphatic rings. The molecule has 0 aliphatic carbocycles. The highest BCUT2D eigenvalue weighted by molar-refractivity contribution is 5.94. The fraction of sp³-hybridized carbons (Fsp3) is 0. The van der Waals surface area contributed by atoms with Crippen LogP contribution in [-0.2, 0) is 0 Å². The van der Waals surface area contributed by atoms with Crippen molar-refractivity contribution in [1.82, 2.24) is 4.98 Å². The van der Waals surface area contributed by atoms with E-state index in [1.165, 1.54) is 0 Å². The molecule has 2 rings (SSSR count). The van der Waals surface area contributed by atoms with Crippen LogP contribution in [-0.4, -0.2) is 16.1 Å². The standard InChI is InChI=1S/C12H8F3N3O2/c13-5-1-7(14)11(15)9(2-5)18-10-3-6(12(19)20)8(16)4-17-10/h1-4H,16H2,(H,17,18)(H,19,20). The van der Waals surface area contributed by atoms with Crippen LogP contribution in [0.3, 0.4) is 0 Å². The first kappa shape index (κ1) is 13.7. The Hall–Kier alpha value is -2.77. The number of nitrogens with zero attached hydrogens (tertiary/aromatic N) is 1. The van der Waals surface area contributed by atoms with Crippen LogP contribution < -0.4 is 11.1 Å². The van der Waals surface area contributed by atoms with Gasteiger partial charge in [-0.05, 0) is 6.07 Å². The van der Waals surface area contributed by atoms with Crippen molar-refractivity contribution in [2.24, 2.45) is 0 Å². The average molecular weight is 283 g/mol. The number of anilines is 3. The van der Waals surface area contributed by atoms with Gasteiger partial charge in [0.1, 0.15) is 11.6 Å². The summed E-state index contributed by atoms with van der Waals surface area (Å²) in [5.41, 5.74) is 4.54. The van der Waals surface area contributed by atoms with Crippen LogP contribution in [0.5, 0.6) is 0 Å². The van der Waals surface area contributed by atoms with E-state index in [4.69, 9.17) is 10.8 Å². The number of carbonyl (C=O) groups is 1. The maximum absolute atomic E-state index is 13.4. The van der Waals surface area contributed by atoms with Gasteiger partial charge in [0.05, 0.1) is 23.1 Å². The number of aromatic nitrogens is 1. The molecule has 1 aromatic carbocycles. The topological polar surface area (TPSA) is 88.2 Å². The number of hydrogen-bond acceptors (Lipinski definition) is 4. The third kappa shape index (κ3) is 2.63. The number of hydrogen-bond donors (Lipinski definition) is 3. The molecule has 8 heteroatoms. The number of nitrogen functional groups attached to an aromatic ring is 1. The van der Waals surface area contributed by atoms with Crippen molar-refractivity contribution in [3.05, 3.63) is 47.4 Å². The van der Waals surface area contributed by atoms with E-state index in [2.05, 4.69) is 10.3 Å². The van der Waals surface area contributed by atoms with Crippen LogP contribution in [0.15, 0.2) is 24.4 Å². The zero-order valence-electron chi connectivity index (χ0n) is 9.82. The Bertz CT molecular complexity index is 692. The number of rotatable bonds is 3. The van der Waals surface area contributed by atoms with Gasteiger partial charge in [0.15, 0.2) is 11.6 Å². The molecule has 104 valence electrons. The largest absolute Gasteiger partial charge is 0.478 e. The molecule has 1 heterocycles. The zero-order valence-corrected chi connectivity index (χ0v) is 9.82. The molecule has 5 nitrogen and oxygen atoms in total. The van der Waals surface area contributed by atoms with Crippen molar-refractivity contribution in [3.63, 3.8) is 0 Å². The van der Waals surface area contributed by atoms with E-state index in [0.29, 0.717) is 6.07 Å². The molecule has 0 aliphatic heterocycles. The Labute approximate surface area is 110 Å². The van der Waals surface area contributed by atoms with Gasteiger partial charge in [-0.2, -0.15) is 0 Å². The molecule has 1 aromatic heterocycles. The number of benzene rings is 1. The van der Waals surface area contributed by atoms with Gasteiger partial charge in [0.2, 0.25) is 0 Å². The third-order valence-electron chi connectivity index (χ3n) is 2.42. The minimum Gasteiger partial charge on any atom is -0.478 e. The van der Waals surface area contributed by atoms with Crippen LogP contribution >= 0.6 is 0 Å². The first-order valence-corrected chi connectivity index (χ1v) is 5.29. The molecule has 0 radical (unpaired) electrons. The highest BCUT2D eigenvalue weighted by Gasteiger charge is 2.14. The van der Waals surface area contributed by atoms with E-state index >= 15 is 0 Å². The van der Waals surface area contributed by atoms with Gasteiger partial charge in [-0.25, -0.2) is 22.9 Å². The Balaban J connectivity index is 2.40. The minimum atomic E-state index is -1.37. The first-order chi connectivity index (χ1) is 9.38. The maximum Gasteiger partial charge on any atom is 0.337 e. The van der Waals surface area contributed by atoms with Gasteiger partial charge < -0.3 is 16.2 Å². The summed E-state index contributed by atoms with van der Waals surface area (Å²) in [6.07, 6.45) is 1.04. The van der Waals surface area contributed by atoms with Crippen LogP contribution in [0.1, 0.15) is 10.4 Å². The Morgan fingerprint density at radius 3 is 2.60 bits per heavy atom. The van der Waals surface area contributed by atoms with Gasteiger partial charge in [-0.1, -0.05) is 0 Å². The predicted octanol–water partition coefficient (Wildman–Crippen LogP) is 2.52. The maximum atomic E-state index is 13.4. The van der Waals surface area contributed by atoms with E-state index in [0.717, 1.165) is 18.3 Å². The van der Waals surface area contributed by atoms with Gasteiger partial charge in [0, 0.05) is 12.1 Å². The van der Waals surface area contributed by atoms with E-state index in [9.17, 15) is 18.0 Å². The van der Waals surface area contributed by atoms with Crippen LogP contribution in [0.2, 0.25) is 0 Å². The molecule has 2 aromatic rings. The molecule has 20 heavy (non-hydrogen) atoms. The van der Waals surface area contributed by atoms with Crippen molar-refractivity contribution in [3.8, 4) is 0 Å². The number of pyridine rings is 1. The molecular formula is C12H8F3N3O2. The summed E-state index contributed by atoms with van der Waals surface area (Å²) >= 11 is 0. The lowest BCUT2D eigenvalue weighted by molar-refractivity contribution is 0.0698. The molecule has 0 amide bonds. The summed E-state index contributed by atoms with van der Waals surface area (Å²) in [7, 11) is 0. The zero-order chi connectivity index (χ0) is 14.9. The predicted molar refractivity (Wildman–Crippen MR) is 65.2 cm³/mol. The highest BCUT2D eigenvalue weighted by atomic mass is 19.2. The number of nitrogens with two attached hydrogens (primary N) is 1. The minimum absolute atomic E-state index is 0.0889. The van der Waals surface area contributed by atoms with Crippen molar-refractivity contribution in [2.75, 3.05) is 11.1 Å². The molecule has 0 saturated carbocycles. The average Bonchev–Trinajstić information content (AvgIpc) is 2.37. The summed E-state index contributed by atoms with van der Waals surface area (Å²) in [6.45, 7) is 0. The summed E-state index contributed by atoms with van der Waals surface area (Å²) in [4.78, 5) is 14.6. The second kappa shape index (κ2) is 5.08. The van der Waals surface area contributed by atoms with Crippen LogP contribution in [0, 0.1) is 17.5 Å².